The number of ketones is 1. The zero-order chi connectivity index (χ0) is 12.3. The summed E-state index contributed by atoms with van der Waals surface area (Å²) in [6.07, 6.45) is 0.398. The van der Waals surface area contributed by atoms with Crippen molar-refractivity contribution in [1.82, 2.24) is 0 Å². The summed E-state index contributed by atoms with van der Waals surface area (Å²) in [6, 6.07) is 4.88. The molecule has 0 radical (unpaired) electrons. The molecule has 0 unspecified atom stereocenters. The highest BCUT2D eigenvalue weighted by Gasteiger charge is 2.18. The molecule has 5 nitrogen and oxygen atoms in total. The van der Waals surface area contributed by atoms with Gasteiger partial charge in [-0.25, -0.2) is 4.79 Å². The molecule has 1 aliphatic rings. The summed E-state index contributed by atoms with van der Waals surface area (Å²) in [5.41, 5.74) is 0.557. The highest BCUT2D eigenvalue weighted by atomic mass is 16.6. The predicted molar refractivity (Wildman–Crippen MR) is 58.4 cm³/mol. The molecule has 0 saturated carbocycles. The van der Waals surface area contributed by atoms with Gasteiger partial charge in [-0.1, -0.05) is 0 Å². The molecule has 0 aliphatic carbocycles. The largest absolute Gasteiger partial charge is 0.492 e. The molecule has 2 rings (SSSR count). The second kappa shape index (κ2) is 4.86. The van der Waals surface area contributed by atoms with Crippen molar-refractivity contribution in [1.29, 1.82) is 0 Å². The van der Waals surface area contributed by atoms with Crippen molar-refractivity contribution >= 4 is 11.8 Å². The fraction of sp³-hybridized carbons (Fsp3) is 0.333. The molecule has 0 fully saturated rings. The van der Waals surface area contributed by atoms with Crippen molar-refractivity contribution in [2.45, 2.75) is 6.42 Å². The van der Waals surface area contributed by atoms with Gasteiger partial charge in [-0.3, -0.25) is 4.79 Å². The topological polar surface area (TPSA) is 61.8 Å². The monoisotopic (exact) mass is 236 g/mol. The number of methoxy groups -OCH3 is 1. The summed E-state index contributed by atoms with van der Waals surface area (Å²) in [7, 11) is 1.29. The molecule has 0 saturated heterocycles. The third-order valence-electron chi connectivity index (χ3n) is 2.42. The van der Waals surface area contributed by atoms with Crippen LogP contribution in [-0.4, -0.2) is 32.1 Å². The van der Waals surface area contributed by atoms with Crippen LogP contribution < -0.4 is 9.47 Å². The molecular formula is C12H12O5. The minimum absolute atomic E-state index is 0.0609. The molecule has 5 heteroatoms. The zero-order valence-electron chi connectivity index (χ0n) is 9.39. The fourth-order valence-corrected chi connectivity index (χ4v) is 1.53. The van der Waals surface area contributed by atoms with Crippen LogP contribution in [0.2, 0.25) is 0 Å². The lowest BCUT2D eigenvalue weighted by Crippen LogP contribution is -2.16. The zero-order valence-corrected chi connectivity index (χ0v) is 9.39. The van der Waals surface area contributed by atoms with Crippen LogP contribution in [0.25, 0.3) is 0 Å². The molecule has 0 atom stereocenters. The Labute approximate surface area is 98.3 Å². The lowest BCUT2D eigenvalue weighted by Gasteiger charge is -2.16. The summed E-state index contributed by atoms with van der Waals surface area (Å²) in [5.74, 6) is 0.581. The minimum atomic E-state index is -0.459. The van der Waals surface area contributed by atoms with Gasteiger partial charge >= 0.3 is 5.97 Å². The molecule has 17 heavy (non-hydrogen) atoms. The van der Waals surface area contributed by atoms with E-state index in [0.717, 1.165) is 0 Å². The SMILES string of the molecule is COC(=O)COc1ccc2c(c1)OCCC2=O. The average molecular weight is 236 g/mol. The maximum atomic E-state index is 11.5. The van der Waals surface area contributed by atoms with E-state index in [1.54, 1.807) is 18.2 Å². The van der Waals surface area contributed by atoms with Gasteiger partial charge in [0.1, 0.15) is 11.5 Å². The maximum Gasteiger partial charge on any atom is 0.343 e. The molecule has 1 aliphatic heterocycles. The molecule has 1 aromatic rings. The van der Waals surface area contributed by atoms with Gasteiger partial charge in [0.25, 0.3) is 0 Å². The van der Waals surface area contributed by atoms with Crippen molar-refractivity contribution in [3.8, 4) is 11.5 Å². The van der Waals surface area contributed by atoms with Crippen molar-refractivity contribution in [2.75, 3.05) is 20.3 Å². The van der Waals surface area contributed by atoms with Gasteiger partial charge in [-0.2, -0.15) is 0 Å². The molecule has 0 amide bonds. The standard InChI is InChI=1S/C12H12O5/c1-15-12(14)7-17-8-2-3-9-10(13)4-5-16-11(9)6-8/h2-3,6H,4-5,7H2,1H3. The van der Waals surface area contributed by atoms with Crippen LogP contribution in [0.5, 0.6) is 11.5 Å². The number of carbonyl (C=O) groups is 2. The summed E-state index contributed by atoms with van der Waals surface area (Å²) in [5, 5.41) is 0. The molecule has 0 spiro atoms. The molecule has 0 aromatic heterocycles. The molecular weight excluding hydrogens is 224 g/mol. The lowest BCUT2D eigenvalue weighted by molar-refractivity contribution is -0.142. The van der Waals surface area contributed by atoms with Gasteiger partial charge in [-0.05, 0) is 12.1 Å². The highest BCUT2D eigenvalue weighted by molar-refractivity contribution is 5.99. The highest BCUT2D eigenvalue weighted by Crippen LogP contribution is 2.28. The molecule has 90 valence electrons. The van der Waals surface area contributed by atoms with Crippen molar-refractivity contribution < 1.29 is 23.8 Å². The molecule has 1 heterocycles. The van der Waals surface area contributed by atoms with Crippen LogP contribution in [0.4, 0.5) is 0 Å². The number of benzene rings is 1. The number of fused-ring (bicyclic) bond motifs is 1. The first-order valence-corrected chi connectivity index (χ1v) is 5.20. The third kappa shape index (κ3) is 2.55. The Hall–Kier alpha value is -2.04. The number of rotatable bonds is 3. The van der Waals surface area contributed by atoms with E-state index >= 15 is 0 Å². The van der Waals surface area contributed by atoms with Gasteiger partial charge in [0, 0.05) is 12.5 Å². The quantitative estimate of drug-likeness (QED) is 0.738. The summed E-state index contributed by atoms with van der Waals surface area (Å²) < 4.78 is 15.0. The van der Waals surface area contributed by atoms with E-state index < -0.39 is 5.97 Å². The lowest BCUT2D eigenvalue weighted by atomic mass is 10.1. The minimum Gasteiger partial charge on any atom is -0.492 e. The van der Waals surface area contributed by atoms with Gasteiger partial charge in [0.15, 0.2) is 12.4 Å². The maximum absolute atomic E-state index is 11.5. The summed E-state index contributed by atoms with van der Waals surface area (Å²) in [6.45, 7) is 0.218. The first-order valence-electron chi connectivity index (χ1n) is 5.20. The Morgan fingerprint density at radius 1 is 1.47 bits per heavy atom. The van der Waals surface area contributed by atoms with Crippen LogP contribution in [0, 0.1) is 0 Å². The fourth-order valence-electron chi connectivity index (χ4n) is 1.53. The molecule has 0 bridgehead atoms. The van der Waals surface area contributed by atoms with E-state index in [-0.39, 0.29) is 12.4 Å². The second-order valence-corrected chi connectivity index (χ2v) is 3.54. The normalized spacial score (nSPS) is 13.6. The number of Topliss-reactive ketones (excluding diaryl/α,β-unsaturated/α-hetero) is 1. The van der Waals surface area contributed by atoms with E-state index in [1.165, 1.54) is 7.11 Å². The number of hydrogen-bond donors (Lipinski definition) is 0. The molecule has 0 N–H and O–H groups in total. The Kier molecular flexibility index (Phi) is 3.27. The van der Waals surface area contributed by atoms with Crippen LogP contribution >= 0.6 is 0 Å². The number of ether oxygens (including phenoxy) is 3. The van der Waals surface area contributed by atoms with Gasteiger partial charge in [-0.15, -0.1) is 0 Å². The Morgan fingerprint density at radius 2 is 2.29 bits per heavy atom. The Morgan fingerprint density at radius 3 is 3.06 bits per heavy atom. The van der Waals surface area contributed by atoms with Crippen LogP contribution in [0.3, 0.4) is 0 Å². The van der Waals surface area contributed by atoms with Crippen LogP contribution in [-0.2, 0) is 9.53 Å². The van der Waals surface area contributed by atoms with Gasteiger partial charge < -0.3 is 14.2 Å². The van der Waals surface area contributed by atoms with Gasteiger partial charge in [0.05, 0.1) is 19.3 Å². The smallest absolute Gasteiger partial charge is 0.343 e. The van der Waals surface area contributed by atoms with Crippen LogP contribution in [0.1, 0.15) is 16.8 Å². The second-order valence-electron chi connectivity index (χ2n) is 3.54. The van der Waals surface area contributed by atoms with E-state index in [1.807, 2.05) is 0 Å². The van der Waals surface area contributed by atoms with E-state index in [9.17, 15) is 9.59 Å². The van der Waals surface area contributed by atoms with E-state index in [2.05, 4.69) is 4.74 Å². The summed E-state index contributed by atoms with van der Waals surface area (Å²) >= 11 is 0. The Bertz CT molecular complexity index is 452. The average Bonchev–Trinajstić information content (AvgIpc) is 2.36. The number of esters is 1. The summed E-state index contributed by atoms with van der Waals surface area (Å²) in [4.78, 5) is 22.4. The first kappa shape index (κ1) is 11.4. The van der Waals surface area contributed by atoms with Gasteiger partial charge in [0.2, 0.25) is 0 Å². The number of hydrogen-bond acceptors (Lipinski definition) is 5. The van der Waals surface area contributed by atoms with Crippen molar-refractivity contribution in [2.24, 2.45) is 0 Å². The predicted octanol–water partition coefficient (Wildman–Crippen LogP) is 1.20. The van der Waals surface area contributed by atoms with Crippen molar-refractivity contribution in [3.63, 3.8) is 0 Å². The Balaban J connectivity index is 2.11. The number of carbonyl (C=O) groups excluding carboxylic acids is 2. The molecule has 1 aromatic carbocycles. The third-order valence-corrected chi connectivity index (χ3v) is 2.42. The van der Waals surface area contributed by atoms with Crippen molar-refractivity contribution in [3.05, 3.63) is 23.8 Å². The van der Waals surface area contributed by atoms with E-state index in [0.29, 0.717) is 30.1 Å². The first-order chi connectivity index (χ1) is 8.20. The van der Waals surface area contributed by atoms with Crippen LogP contribution in [0.15, 0.2) is 18.2 Å². The van der Waals surface area contributed by atoms with E-state index in [4.69, 9.17) is 9.47 Å².